The number of ether oxygens (including phenoxy) is 2. The summed E-state index contributed by atoms with van der Waals surface area (Å²) in [6.07, 6.45) is 6.07. The number of esters is 1. The van der Waals surface area contributed by atoms with Crippen LogP contribution < -0.4 is 10.7 Å². The van der Waals surface area contributed by atoms with E-state index < -0.39 is 11.9 Å². The molecule has 0 amide bonds. The topological polar surface area (TPSA) is 77.1 Å². The van der Waals surface area contributed by atoms with Crippen LogP contribution in [0.4, 0.5) is 5.69 Å². The summed E-state index contributed by atoms with van der Waals surface area (Å²) in [6.45, 7) is 2.91. The third kappa shape index (κ3) is 5.86. The van der Waals surface area contributed by atoms with Gasteiger partial charge >= 0.3 is 5.97 Å². The monoisotopic (exact) mass is 407 g/mol. The molecule has 0 radical (unpaired) electrons. The zero-order valence-electron chi connectivity index (χ0n) is 17.4. The summed E-state index contributed by atoms with van der Waals surface area (Å²) < 4.78 is 11.5. The summed E-state index contributed by atoms with van der Waals surface area (Å²) in [6, 6.07) is 19.1. The number of unbranched alkanes of at least 4 members (excludes halogenated alkanes) is 3. The smallest absolute Gasteiger partial charge is 0.321 e. The molecule has 1 heterocycles. The Balaban J connectivity index is 1.72. The number of nitrogens with zero attached hydrogens (tertiary/aromatic N) is 2. The lowest BCUT2D eigenvalue weighted by Crippen LogP contribution is -2.38. The van der Waals surface area contributed by atoms with Crippen LogP contribution in [0.3, 0.4) is 0 Å². The van der Waals surface area contributed by atoms with Crippen molar-refractivity contribution in [3.8, 4) is 0 Å². The van der Waals surface area contributed by atoms with Crippen LogP contribution in [0.15, 0.2) is 77.7 Å². The number of nitrogens with two attached hydrogens (primary N) is 1. The van der Waals surface area contributed by atoms with E-state index in [4.69, 9.17) is 15.2 Å². The number of anilines is 1. The molecule has 0 spiro atoms. The summed E-state index contributed by atoms with van der Waals surface area (Å²) in [4.78, 5) is 12.7. The first kappa shape index (κ1) is 21.4. The van der Waals surface area contributed by atoms with Crippen LogP contribution in [0.1, 0.15) is 38.2 Å². The van der Waals surface area contributed by atoms with E-state index >= 15 is 0 Å². The lowest BCUT2D eigenvalue weighted by atomic mass is 10.1. The molecule has 0 saturated heterocycles. The Hall–Kier alpha value is -3.28. The lowest BCUT2D eigenvalue weighted by Gasteiger charge is -2.28. The Morgan fingerprint density at radius 1 is 1.03 bits per heavy atom. The maximum absolute atomic E-state index is 12.7. The van der Waals surface area contributed by atoms with Gasteiger partial charge in [0.1, 0.15) is 18.4 Å². The summed E-state index contributed by atoms with van der Waals surface area (Å²) in [5.74, 6) is -0.553. The summed E-state index contributed by atoms with van der Waals surface area (Å²) in [7, 11) is 0. The molecule has 0 fully saturated rings. The van der Waals surface area contributed by atoms with Crippen molar-refractivity contribution in [3.63, 3.8) is 0 Å². The maximum atomic E-state index is 12.7. The molecule has 0 bridgehead atoms. The second-order valence-electron chi connectivity index (χ2n) is 7.16. The average Bonchev–Trinajstić information content (AvgIpc) is 2.79. The number of amidine groups is 1. The molecule has 2 N–H and O–H groups in total. The average molecular weight is 408 g/mol. The van der Waals surface area contributed by atoms with Crippen molar-refractivity contribution in [1.29, 1.82) is 0 Å². The van der Waals surface area contributed by atoms with Crippen molar-refractivity contribution in [2.24, 2.45) is 16.8 Å². The van der Waals surface area contributed by atoms with Gasteiger partial charge in [-0.25, -0.2) is 0 Å². The zero-order chi connectivity index (χ0) is 21.2. The number of carbonyl (C=O) groups excluding carboxylic acids is 1. The Bertz CT molecular complexity index is 866. The normalized spacial score (nSPS) is 15.9. The van der Waals surface area contributed by atoms with Gasteiger partial charge in [0, 0.05) is 0 Å². The van der Waals surface area contributed by atoms with Crippen molar-refractivity contribution in [2.45, 2.75) is 39.2 Å². The molecule has 2 aromatic carbocycles. The molecule has 0 saturated carbocycles. The van der Waals surface area contributed by atoms with E-state index in [9.17, 15) is 4.79 Å². The highest BCUT2D eigenvalue weighted by molar-refractivity contribution is 6.03. The van der Waals surface area contributed by atoms with E-state index in [1.54, 1.807) is 11.1 Å². The van der Waals surface area contributed by atoms with Gasteiger partial charge in [0.25, 0.3) is 0 Å². The van der Waals surface area contributed by atoms with Crippen LogP contribution in [-0.2, 0) is 20.9 Å². The van der Waals surface area contributed by atoms with Crippen LogP contribution in [-0.4, -0.2) is 18.4 Å². The molecule has 6 heteroatoms. The van der Waals surface area contributed by atoms with Crippen molar-refractivity contribution in [2.75, 3.05) is 11.6 Å². The zero-order valence-corrected chi connectivity index (χ0v) is 17.4. The minimum absolute atomic E-state index is 0.176. The SMILES string of the molecule is CCCCCCOC1=CC(C(=O)OCc2ccccc2)C(N)=NN1c1ccccc1. The number of hydrogen-bond donors (Lipinski definition) is 1. The number of hydrogen-bond acceptors (Lipinski definition) is 6. The first-order chi connectivity index (χ1) is 14.7. The van der Waals surface area contributed by atoms with Crippen LogP contribution in [0.25, 0.3) is 0 Å². The first-order valence-electron chi connectivity index (χ1n) is 10.4. The molecule has 1 atom stereocenters. The molecule has 2 aromatic rings. The maximum Gasteiger partial charge on any atom is 0.321 e. The summed E-state index contributed by atoms with van der Waals surface area (Å²) in [5.41, 5.74) is 7.87. The van der Waals surface area contributed by atoms with Gasteiger partial charge < -0.3 is 15.2 Å². The van der Waals surface area contributed by atoms with Gasteiger partial charge in [0.2, 0.25) is 5.88 Å². The fourth-order valence-corrected chi connectivity index (χ4v) is 3.10. The van der Waals surface area contributed by atoms with Crippen molar-refractivity contribution >= 4 is 17.5 Å². The van der Waals surface area contributed by atoms with Crippen LogP contribution in [0, 0.1) is 5.92 Å². The number of rotatable bonds is 10. The Kier molecular flexibility index (Phi) is 7.89. The Morgan fingerprint density at radius 3 is 2.43 bits per heavy atom. The van der Waals surface area contributed by atoms with Gasteiger partial charge in [-0.05, 0) is 30.2 Å². The molecule has 30 heavy (non-hydrogen) atoms. The predicted molar refractivity (Wildman–Crippen MR) is 118 cm³/mol. The van der Waals surface area contributed by atoms with E-state index in [1.165, 1.54) is 6.42 Å². The summed E-state index contributed by atoms with van der Waals surface area (Å²) >= 11 is 0. The third-order valence-electron chi connectivity index (χ3n) is 4.78. The van der Waals surface area contributed by atoms with Crippen molar-refractivity contribution in [3.05, 3.63) is 78.2 Å². The molecule has 0 aromatic heterocycles. The minimum atomic E-state index is -0.778. The molecule has 1 aliphatic heterocycles. The summed E-state index contributed by atoms with van der Waals surface area (Å²) in [5, 5.41) is 6.08. The van der Waals surface area contributed by atoms with Gasteiger partial charge in [-0.1, -0.05) is 74.7 Å². The molecule has 158 valence electrons. The second kappa shape index (κ2) is 11.0. The van der Waals surface area contributed by atoms with E-state index in [0.717, 1.165) is 30.5 Å². The van der Waals surface area contributed by atoms with Crippen LogP contribution >= 0.6 is 0 Å². The number of hydrazone groups is 1. The fraction of sp³-hybridized carbons (Fsp3) is 0.333. The molecule has 3 rings (SSSR count). The van der Waals surface area contributed by atoms with Crippen molar-refractivity contribution < 1.29 is 14.3 Å². The molecule has 1 unspecified atom stereocenters. The largest absolute Gasteiger partial charge is 0.478 e. The Morgan fingerprint density at radius 2 is 1.73 bits per heavy atom. The number of carbonyl (C=O) groups is 1. The third-order valence-corrected chi connectivity index (χ3v) is 4.78. The van der Waals surface area contributed by atoms with E-state index in [1.807, 2.05) is 60.7 Å². The highest BCUT2D eigenvalue weighted by atomic mass is 16.5. The van der Waals surface area contributed by atoms with Gasteiger partial charge in [0.05, 0.1) is 12.3 Å². The Labute approximate surface area is 178 Å². The van der Waals surface area contributed by atoms with Gasteiger partial charge in [0.15, 0.2) is 0 Å². The van der Waals surface area contributed by atoms with E-state index in [-0.39, 0.29) is 12.4 Å². The predicted octanol–water partition coefficient (Wildman–Crippen LogP) is 4.58. The van der Waals surface area contributed by atoms with Gasteiger partial charge in [-0.2, -0.15) is 10.1 Å². The molecule has 0 aliphatic carbocycles. The highest BCUT2D eigenvalue weighted by Crippen LogP contribution is 2.26. The van der Waals surface area contributed by atoms with Gasteiger partial charge in [-0.15, -0.1) is 0 Å². The van der Waals surface area contributed by atoms with Gasteiger partial charge in [-0.3, -0.25) is 4.79 Å². The quantitative estimate of drug-likeness (QED) is 0.461. The minimum Gasteiger partial charge on any atom is -0.478 e. The molecule has 1 aliphatic rings. The van der Waals surface area contributed by atoms with Crippen molar-refractivity contribution in [1.82, 2.24) is 0 Å². The van der Waals surface area contributed by atoms with E-state index in [0.29, 0.717) is 12.5 Å². The van der Waals surface area contributed by atoms with Crippen LogP contribution in [0.2, 0.25) is 0 Å². The highest BCUT2D eigenvalue weighted by Gasteiger charge is 2.30. The van der Waals surface area contributed by atoms with Crippen LogP contribution in [0.5, 0.6) is 0 Å². The fourth-order valence-electron chi connectivity index (χ4n) is 3.10. The number of benzene rings is 2. The van der Waals surface area contributed by atoms with E-state index in [2.05, 4.69) is 12.0 Å². The molecular weight excluding hydrogens is 378 g/mol. The molecule has 6 nitrogen and oxygen atoms in total. The second-order valence-corrected chi connectivity index (χ2v) is 7.16. The lowest BCUT2D eigenvalue weighted by molar-refractivity contribution is -0.146. The standard InChI is InChI=1S/C24H29N3O3/c1-2-3-4-11-16-29-22-17-21(24(28)30-18-19-12-7-5-8-13-19)23(25)26-27(22)20-14-9-6-10-15-20/h5-10,12-15,17,21H,2-4,11,16,18H2,1H3,(H2,25,26). The number of para-hydroxylation sites is 1. The molecular formula is C24H29N3O3. The first-order valence-corrected chi connectivity index (χ1v) is 10.4.